The SMILES string of the molecule is C/N=C/c1cc(SCC(=O)OC)c2ccc3cccnc3c2n1. The van der Waals surface area contributed by atoms with Crippen molar-refractivity contribution in [3.05, 3.63) is 42.2 Å². The third-order valence-corrected chi connectivity index (χ3v) is 4.40. The van der Waals surface area contributed by atoms with Crippen molar-refractivity contribution < 1.29 is 9.53 Å². The summed E-state index contributed by atoms with van der Waals surface area (Å²) >= 11 is 1.43. The summed E-state index contributed by atoms with van der Waals surface area (Å²) in [7, 11) is 3.09. The molecule has 3 rings (SSSR count). The quantitative estimate of drug-likeness (QED) is 0.319. The number of ether oxygens (including phenoxy) is 1. The van der Waals surface area contributed by atoms with Gasteiger partial charge in [-0.2, -0.15) is 0 Å². The number of carbonyl (C=O) groups excluding carboxylic acids is 1. The zero-order chi connectivity index (χ0) is 16.2. The summed E-state index contributed by atoms with van der Waals surface area (Å²) in [5.41, 5.74) is 2.40. The second kappa shape index (κ2) is 6.75. The molecule has 116 valence electrons. The van der Waals surface area contributed by atoms with Crippen molar-refractivity contribution in [3.8, 4) is 0 Å². The summed E-state index contributed by atoms with van der Waals surface area (Å²) in [5, 5.41) is 2.00. The van der Waals surface area contributed by atoms with Crippen molar-refractivity contribution in [1.29, 1.82) is 0 Å². The highest BCUT2D eigenvalue weighted by Crippen LogP contribution is 2.31. The molecule has 0 aliphatic heterocycles. The van der Waals surface area contributed by atoms with E-state index in [2.05, 4.69) is 15.0 Å². The molecule has 0 amide bonds. The average Bonchev–Trinajstić information content (AvgIpc) is 2.59. The molecule has 0 bridgehead atoms. The van der Waals surface area contributed by atoms with Gasteiger partial charge in [0, 0.05) is 35.1 Å². The first-order chi connectivity index (χ1) is 11.2. The molecule has 0 unspecified atom stereocenters. The molecule has 0 saturated heterocycles. The van der Waals surface area contributed by atoms with Gasteiger partial charge < -0.3 is 4.74 Å². The number of aliphatic imine (C=N–C) groups is 1. The number of carbonyl (C=O) groups is 1. The van der Waals surface area contributed by atoms with Gasteiger partial charge in [-0.1, -0.05) is 18.2 Å². The molecule has 1 aromatic carbocycles. The Balaban J connectivity index is 2.20. The smallest absolute Gasteiger partial charge is 0.315 e. The molecule has 2 heterocycles. The van der Waals surface area contributed by atoms with Crippen LogP contribution in [0, 0.1) is 0 Å². The molecule has 6 heteroatoms. The van der Waals surface area contributed by atoms with Gasteiger partial charge in [0.15, 0.2) is 0 Å². The van der Waals surface area contributed by atoms with Gasteiger partial charge in [-0.15, -0.1) is 11.8 Å². The maximum Gasteiger partial charge on any atom is 0.315 e. The van der Waals surface area contributed by atoms with Crippen LogP contribution in [0.15, 0.2) is 46.4 Å². The summed E-state index contributed by atoms with van der Waals surface area (Å²) in [6.07, 6.45) is 3.45. The van der Waals surface area contributed by atoms with E-state index in [4.69, 9.17) is 4.74 Å². The first kappa shape index (κ1) is 15.4. The first-order valence-electron chi connectivity index (χ1n) is 7.03. The van der Waals surface area contributed by atoms with Crippen LogP contribution in [-0.2, 0) is 9.53 Å². The molecular weight excluding hydrogens is 310 g/mol. The van der Waals surface area contributed by atoms with Crippen LogP contribution in [0.4, 0.5) is 0 Å². The number of nitrogens with zero attached hydrogens (tertiary/aromatic N) is 3. The average molecular weight is 325 g/mol. The number of fused-ring (bicyclic) bond motifs is 3. The molecule has 0 radical (unpaired) electrons. The van der Waals surface area contributed by atoms with Gasteiger partial charge in [-0.3, -0.25) is 14.8 Å². The molecular formula is C17H15N3O2S. The molecule has 3 aromatic rings. The number of pyridine rings is 2. The number of benzene rings is 1. The fraction of sp³-hybridized carbons (Fsp3) is 0.176. The molecule has 5 nitrogen and oxygen atoms in total. The van der Waals surface area contributed by atoms with Crippen molar-refractivity contribution in [1.82, 2.24) is 9.97 Å². The van der Waals surface area contributed by atoms with Gasteiger partial charge in [-0.05, 0) is 12.1 Å². The minimum atomic E-state index is -0.260. The predicted molar refractivity (Wildman–Crippen MR) is 93.3 cm³/mol. The second-order valence-corrected chi connectivity index (χ2v) is 5.85. The summed E-state index contributed by atoms with van der Waals surface area (Å²) < 4.78 is 4.72. The van der Waals surface area contributed by atoms with Gasteiger partial charge in [0.25, 0.3) is 0 Å². The Morgan fingerprint density at radius 2 is 2.22 bits per heavy atom. The fourth-order valence-corrected chi connectivity index (χ4v) is 3.24. The molecule has 0 saturated carbocycles. The van der Waals surface area contributed by atoms with E-state index in [0.717, 1.165) is 32.4 Å². The number of esters is 1. The van der Waals surface area contributed by atoms with Gasteiger partial charge in [-0.25, -0.2) is 4.98 Å². The number of hydrogen-bond acceptors (Lipinski definition) is 6. The standard InChI is InChI=1S/C17H15N3O2S/c1-18-9-12-8-14(23-10-15(21)22-2)13-6-5-11-4-3-7-19-16(11)17(13)20-12/h3-9H,10H2,1-2H3/b18-9+. The summed E-state index contributed by atoms with van der Waals surface area (Å²) in [5.74, 6) is -0.0111. The van der Waals surface area contributed by atoms with Crippen molar-refractivity contribution in [3.63, 3.8) is 0 Å². The molecule has 0 N–H and O–H groups in total. The maximum atomic E-state index is 11.4. The lowest BCUT2D eigenvalue weighted by Gasteiger charge is -2.09. The Morgan fingerprint density at radius 1 is 1.35 bits per heavy atom. The number of hydrogen-bond donors (Lipinski definition) is 0. The normalized spacial score (nSPS) is 11.4. The summed E-state index contributed by atoms with van der Waals surface area (Å²) in [4.78, 5) is 25.6. The Labute approximate surface area is 137 Å². The van der Waals surface area contributed by atoms with Gasteiger partial charge >= 0.3 is 5.97 Å². The Morgan fingerprint density at radius 3 is 3.00 bits per heavy atom. The van der Waals surface area contributed by atoms with Crippen LogP contribution in [0.2, 0.25) is 0 Å². The first-order valence-corrected chi connectivity index (χ1v) is 8.01. The van der Waals surface area contributed by atoms with Crippen LogP contribution in [0.3, 0.4) is 0 Å². The highest BCUT2D eigenvalue weighted by molar-refractivity contribution is 8.00. The Bertz CT molecular complexity index is 909. The topological polar surface area (TPSA) is 64.4 Å². The highest BCUT2D eigenvalue weighted by Gasteiger charge is 2.11. The van der Waals surface area contributed by atoms with Gasteiger partial charge in [0.1, 0.15) is 0 Å². The van der Waals surface area contributed by atoms with E-state index in [1.165, 1.54) is 18.9 Å². The maximum absolute atomic E-state index is 11.4. The molecule has 23 heavy (non-hydrogen) atoms. The Kier molecular flexibility index (Phi) is 4.52. The molecule has 0 aliphatic rings. The fourth-order valence-electron chi connectivity index (χ4n) is 2.33. The van der Waals surface area contributed by atoms with E-state index in [1.54, 1.807) is 19.5 Å². The van der Waals surface area contributed by atoms with Gasteiger partial charge in [0.05, 0.1) is 29.6 Å². The van der Waals surface area contributed by atoms with Crippen molar-refractivity contribution in [2.45, 2.75) is 4.90 Å². The molecule has 0 aliphatic carbocycles. The van der Waals surface area contributed by atoms with Gasteiger partial charge in [0.2, 0.25) is 0 Å². The van der Waals surface area contributed by atoms with Crippen LogP contribution in [0.25, 0.3) is 21.8 Å². The molecule has 2 aromatic heterocycles. The van der Waals surface area contributed by atoms with E-state index in [1.807, 2.05) is 30.3 Å². The number of aromatic nitrogens is 2. The van der Waals surface area contributed by atoms with Crippen LogP contribution < -0.4 is 0 Å². The third kappa shape index (κ3) is 3.17. The van der Waals surface area contributed by atoms with Crippen molar-refractivity contribution >= 4 is 45.8 Å². The van der Waals surface area contributed by atoms with E-state index < -0.39 is 0 Å². The zero-order valence-electron chi connectivity index (χ0n) is 12.8. The lowest BCUT2D eigenvalue weighted by molar-refractivity contribution is -0.137. The lowest BCUT2D eigenvalue weighted by Crippen LogP contribution is -2.03. The van der Waals surface area contributed by atoms with Crippen LogP contribution in [0.1, 0.15) is 5.69 Å². The molecule has 0 spiro atoms. The van der Waals surface area contributed by atoms with Crippen LogP contribution in [0.5, 0.6) is 0 Å². The van der Waals surface area contributed by atoms with E-state index in [0.29, 0.717) is 0 Å². The minimum Gasteiger partial charge on any atom is -0.468 e. The number of methoxy groups -OCH3 is 1. The largest absolute Gasteiger partial charge is 0.468 e. The highest BCUT2D eigenvalue weighted by atomic mass is 32.2. The summed E-state index contributed by atoms with van der Waals surface area (Å²) in [6.45, 7) is 0. The molecule has 0 fully saturated rings. The monoisotopic (exact) mass is 325 g/mol. The van der Waals surface area contributed by atoms with E-state index in [9.17, 15) is 4.79 Å². The zero-order valence-corrected chi connectivity index (χ0v) is 13.6. The lowest BCUT2D eigenvalue weighted by atomic mass is 10.1. The van der Waals surface area contributed by atoms with Crippen LogP contribution in [-0.4, -0.2) is 42.1 Å². The van der Waals surface area contributed by atoms with Crippen molar-refractivity contribution in [2.24, 2.45) is 4.99 Å². The Hall–Kier alpha value is -2.47. The third-order valence-electron chi connectivity index (χ3n) is 3.37. The predicted octanol–water partition coefficient (Wildman–Crippen LogP) is 3.10. The van der Waals surface area contributed by atoms with Crippen molar-refractivity contribution in [2.75, 3.05) is 19.9 Å². The van der Waals surface area contributed by atoms with E-state index >= 15 is 0 Å². The van der Waals surface area contributed by atoms with E-state index in [-0.39, 0.29) is 11.7 Å². The summed E-state index contributed by atoms with van der Waals surface area (Å²) in [6, 6.07) is 9.86. The second-order valence-electron chi connectivity index (χ2n) is 4.83. The van der Waals surface area contributed by atoms with Crippen LogP contribution >= 0.6 is 11.8 Å². The molecule has 0 atom stereocenters. The number of thioether (sulfide) groups is 1. The number of rotatable bonds is 4. The minimum absolute atomic E-state index is 0.249.